The van der Waals surface area contributed by atoms with E-state index in [1.807, 2.05) is 0 Å². The lowest BCUT2D eigenvalue weighted by molar-refractivity contribution is -0.130. The van der Waals surface area contributed by atoms with Gasteiger partial charge in [0.05, 0.1) is 0 Å². The number of hydrogen-bond acceptors (Lipinski definition) is 2. The molecule has 3 rings (SSSR count). The van der Waals surface area contributed by atoms with Gasteiger partial charge in [0, 0.05) is 12.6 Å². The van der Waals surface area contributed by atoms with Crippen molar-refractivity contribution in [1.82, 2.24) is 9.80 Å². The highest BCUT2D eigenvalue weighted by atomic mass is 16.2. The van der Waals surface area contributed by atoms with Crippen LogP contribution in [-0.4, -0.2) is 48.4 Å². The molecule has 0 spiro atoms. The van der Waals surface area contributed by atoms with Crippen LogP contribution in [-0.2, 0) is 4.79 Å². The Morgan fingerprint density at radius 2 is 2.10 bits per heavy atom. The summed E-state index contributed by atoms with van der Waals surface area (Å²) in [5.41, 5.74) is 0. The van der Waals surface area contributed by atoms with Gasteiger partial charge in [-0.25, -0.2) is 0 Å². The van der Waals surface area contributed by atoms with E-state index in [1.54, 1.807) is 0 Å². The van der Waals surface area contributed by atoms with E-state index in [-0.39, 0.29) is 5.91 Å². The van der Waals surface area contributed by atoms with E-state index in [4.69, 9.17) is 0 Å². The fourth-order valence-corrected chi connectivity index (χ4v) is 4.20. The van der Waals surface area contributed by atoms with Gasteiger partial charge in [-0.15, -0.1) is 0 Å². The maximum Gasteiger partial charge on any atom is 0.246 e. The summed E-state index contributed by atoms with van der Waals surface area (Å²) in [5, 5.41) is 0. The van der Waals surface area contributed by atoms with Crippen LogP contribution < -0.4 is 0 Å². The molecule has 20 heavy (non-hydrogen) atoms. The smallest absolute Gasteiger partial charge is 0.246 e. The molecule has 2 bridgehead atoms. The van der Waals surface area contributed by atoms with Gasteiger partial charge in [-0.1, -0.05) is 18.7 Å². The Bertz CT molecular complexity index is 409. The topological polar surface area (TPSA) is 23.6 Å². The third-order valence-electron chi connectivity index (χ3n) is 5.43. The van der Waals surface area contributed by atoms with Crippen molar-refractivity contribution in [2.45, 2.75) is 31.7 Å². The van der Waals surface area contributed by atoms with E-state index in [0.29, 0.717) is 17.9 Å². The molecule has 1 heterocycles. The van der Waals surface area contributed by atoms with Gasteiger partial charge in [0.2, 0.25) is 5.91 Å². The van der Waals surface area contributed by atoms with Crippen LogP contribution in [0.15, 0.2) is 24.8 Å². The van der Waals surface area contributed by atoms with Gasteiger partial charge in [-0.3, -0.25) is 4.79 Å². The second kappa shape index (κ2) is 5.72. The summed E-state index contributed by atoms with van der Waals surface area (Å²) in [6, 6.07) is 0.416. The van der Waals surface area contributed by atoms with Crippen LogP contribution in [0.1, 0.15) is 25.7 Å². The molecule has 1 amide bonds. The van der Waals surface area contributed by atoms with Crippen molar-refractivity contribution >= 4 is 5.91 Å². The number of nitrogens with zero attached hydrogens (tertiary/aromatic N) is 2. The molecule has 0 aromatic carbocycles. The van der Waals surface area contributed by atoms with Crippen LogP contribution in [0.5, 0.6) is 0 Å². The van der Waals surface area contributed by atoms with Gasteiger partial charge in [0.15, 0.2) is 0 Å². The second-order valence-corrected chi connectivity index (χ2v) is 6.77. The highest BCUT2D eigenvalue weighted by Crippen LogP contribution is 2.44. The molecule has 2 aliphatic carbocycles. The standard InChI is InChI=1S/C17H26N2O/c1-3-17(20)19(16-6-8-18(2)9-7-16)12-15-11-13-4-5-14(15)10-13/h3-5,13-16H,1,6-12H2,2H3. The number of piperidine rings is 1. The Labute approximate surface area is 122 Å². The Morgan fingerprint density at radius 1 is 1.35 bits per heavy atom. The van der Waals surface area contributed by atoms with Crippen molar-refractivity contribution in [3.05, 3.63) is 24.8 Å². The molecule has 2 fully saturated rings. The Morgan fingerprint density at radius 3 is 2.65 bits per heavy atom. The van der Waals surface area contributed by atoms with E-state index < -0.39 is 0 Å². The fraction of sp³-hybridized carbons (Fsp3) is 0.706. The number of likely N-dealkylation sites (tertiary alicyclic amines) is 1. The van der Waals surface area contributed by atoms with Crippen LogP contribution in [0.4, 0.5) is 0 Å². The molecule has 3 unspecified atom stereocenters. The molecular weight excluding hydrogens is 248 g/mol. The molecule has 0 aromatic rings. The van der Waals surface area contributed by atoms with Crippen molar-refractivity contribution in [3.63, 3.8) is 0 Å². The van der Waals surface area contributed by atoms with Crippen LogP contribution >= 0.6 is 0 Å². The summed E-state index contributed by atoms with van der Waals surface area (Å²) in [6.07, 6.45) is 11.0. The van der Waals surface area contributed by atoms with Gasteiger partial charge >= 0.3 is 0 Å². The first-order valence-electron chi connectivity index (χ1n) is 7.97. The molecule has 3 heteroatoms. The normalized spacial score (nSPS) is 33.5. The quantitative estimate of drug-likeness (QED) is 0.580. The molecule has 0 N–H and O–H groups in total. The first-order chi connectivity index (χ1) is 9.67. The van der Waals surface area contributed by atoms with Crippen LogP contribution in [0, 0.1) is 17.8 Å². The van der Waals surface area contributed by atoms with Crippen LogP contribution in [0.2, 0.25) is 0 Å². The minimum absolute atomic E-state index is 0.131. The number of amides is 1. The number of fused-ring (bicyclic) bond motifs is 2. The summed E-state index contributed by atoms with van der Waals surface area (Å²) in [5.74, 6) is 2.30. The number of rotatable bonds is 4. The van der Waals surface area contributed by atoms with E-state index in [0.717, 1.165) is 38.4 Å². The van der Waals surface area contributed by atoms with Gasteiger partial charge in [-0.2, -0.15) is 0 Å². The highest BCUT2D eigenvalue weighted by molar-refractivity contribution is 5.87. The minimum Gasteiger partial charge on any atom is -0.336 e. The third-order valence-corrected chi connectivity index (χ3v) is 5.43. The monoisotopic (exact) mass is 274 g/mol. The molecule has 0 aromatic heterocycles. The lowest BCUT2D eigenvalue weighted by Crippen LogP contribution is -2.48. The Kier molecular flexibility index (Phi) is 3.97. The number of carbonyl (C=O) groups is 1. The first kappa shape index (κ1) is 13.9. The average Bonchev–Trinajstić information content (AvgIpc) is 3.07. The van der Waals surface area contributed by atoms with Crippen molar-refractivity contribution in [3.8, 4) is 0 Å². The van der Waals surface area contributed by atoms with Crippen molar-refractivity contribution in [1.29, 1.82) is 0 Å². The lowest BCUT2D eigenvalue weighted by atomic mass is 9.91. The zero-order valence-electron chi connectivity index (χ0n) is 12.5. The molecule has 1 aliphatic heterocycles. The second-order valence-electron chi connectivity index (χ2n) is 6.77. The molecule has 1 saturated carbocycles. The summed E-state index contributed by atoms with van der Waals surface area (Å²) in [7, 11) is 2.16. The molecule has 1 saturated heterocycles. The van der Waals surface area contributed by atoms with Crippen molar-refractivity contribution < 1.29 is 4.79 Å². The largest absolute Gasteiger partial charge is 0.336 e. The lowest BCUT2D eigenvalue weighted by Gasteiger charge is -2.39. The predicted molar refractivity (Wildman–Crippen MR) is 81.3 cm³/mol. The SMILES string of the molecule is C=CC(=O)N(CC1CC2C=CC1C2)C1CCN(C)CC1. The van der Waals surface area contributed by atoms with Crippen molar-refractivity contribution in [2.24, 2.45) is 17.8 Å². The van der Waals surface area contributed by atoms with Gasteiger partial charge in [0.25, 0.3) is 0 Å². The Balaban J connectivity index is 1.65. The first-order valence-corrected chi connectivity index (χ1v) is 7.97. The molecule has 0 radical (unpaired) electrons. The average molecular weight is 274 g/mol. The van der Waals surface area contributed by atoms with E-state index in [2.05, 4.69) is 35.6 Å². The summed E-state index contributed by atoms with van der Waals surface area (Å²) in [4.78, 5) is 16.7. The molecule has 3 nitrogen and oxygen atoms in total. The molecule has 110 valence electrons. The maximum atomic E-state index is 12.3. The molecular formula is C17H26N2O. The molecule has 3 aliphatic rings. The van der Waals surface area contributed by atoms with E-state index in [1.165, 1.54) is 18.9 Å². The number of carbonyl (C=O) groups excluding carboxylic acids is 1. The number of hydrogen-bond donors (Lipinski definition) is 0. The van der Waals surface area contributed by atoms with Gasteiger partial charge in [-0.05, 0) is 69.7 Å². The zero-order chi connectivity index (χ0) is 14.1. The Hall–Kier alpha value is -1.09. The van der Waals surface area contributed by atoms with E-state index in [9.17, 15) is 4.79 Å². The predicted octanol–water partition coefficient (Wildman–Crippen LogP) is 2.31. The van der Waals surface area contributed by atoms with Crippen LogP contribution in [0.25, 0.3) is 0 Å². The summed E-state index contributed by atoms with van der Waals surface area (Å²) >= 11 is 0. The maximum absolute atomic E-state index is 12.3. The van der Waals surface area contributed by atoms with E-state index >= 15 is 0 Å². The molecule has 3 atom stereocenters. The summed E-state index contributed by atoms with van der Waals surface area (Å²) in [6.45, 7) is 6.83. The van der Waals surface area contributed by atoms with Crippen molar-refractivity contribution in [2.75, 3.05) is 26.7 Å². The van der Waals surface area contributed by atoms with Gasteiger partial charge < -0.3 is 9.80 Å². The van der Waals surface area contributed by atoms with Crippen LogP contribution in [0.3, 0.4) is 0 Å². The fourth-order valence-electron chi connectivity index (χ4n) is 4.20. The third kappa shape index (κ3) is 2.69. The number of allylic oxidation sites excluding steroid dienone is 2. The van der Waals surface area contributed by atoms with Gasteiger partial charge in [0.1, 0.15) is 0 Å². The zero-order valence-corrected chi connectivity index (χ0v) is 12.5. The highest BCUT2D eigenvalue weighted by Gasteiger charge is 2.38. The summed E-state index contributed by atoms with van der Waals surface area (Å²) < 4.78 is 0. The minimum atomic E-state index is 0.131.